The second-order valence-electron chi connectivity index (χ2n) is 5.87. The summed E-state index contributed by atoms with van der Waals surface area (Å²) in [4.78, 5) is 12.3. The third kappa shape index (κ3) is 4.82. The van der Waals surface area contributed by atoms with Crippen LogP contribution >= 0.6 is 0 Å². The summed E-state index contributed by atoms with van der Waals surface area (Å²) in [7, 11) is 3.13. The summed E-state index contributed by atoms with van der Waals surface area (Å²) < 4.78 is 34.4. The standard InChI is InChI=1S/C21H20FNO5/c1-25-17-7-9-19(26-2)14(11-17)12-23-21(24)20-10-8-18(28-20)13-27-16-5-3-15(22)4-6-16/h3-11H,12-13H2,1-2H3,(H,23,24). The highest BCUT2D eigenvalue weighted by Crippen LogP contribution is 2.24. The van der Waals surface area contributed by atoms with E-state index in [1.54, 1.807) is 44.6 Å². The van der Waals surface area contributed by atoms with E-state index in [2.05, 4.69) is 5.32 Å². The summed E-state index contributed by atoms with van der Waals surface area (Å²) in [6.07, 6.45) is 0. The number of hydrogen-bond acceptors (Lipinski definition) is 5. The van der Waals surface area contributed by atoms with Crippen molar-refractivity contribution in [1.82, 2.24) is 5.32 Å². The first kappa shape index (κ1) is 19.3. The summed E-state index contributed by atoms with van der Waals surface area (Å²) in [6, 6.07) is 14.2. The number of methoxy groups -OCH3 is 2. The SMILES string of the molecule is COc1ccc(OC)c(CNC(=O)c2ccc(COc3ccc(F)cc3)o2)c1. The Morgan fingerprint density at radius 2 is 1.75 bits per heavy atom. The molecule has 3 rings (SSSR count). The van der Waals surface area contributed by atoms with Crippen molar-refractivity contribution in [2.24, 2.45) is 0 Å². The van der Waals surface area contributed by atoms with Crippen LogP contribution < -0.4 is 19.5 Å². The van der Waals surface area contributed by atoms with E-state index in [1.165, 1.54) is 24.3 Å². The number of carbonyl (C=O) groups excluding carboxylic acids is 1. The Bertz CT molecular complexity index is 936. The Labute approximate surface area is 161 Å². The van der Waals surface area contributed by atoms with E-state index in [9.17, 15) is 9.18 Å². The van der Waals surface area contributed by atoms with Gasteiger partial charge in [-0.2, -0.15) is 0 Å². The smallest absolute Gasteiger partial charge is 0.287 e. The van der Waals surface area contributed by atoms with Gasteiger partial charge < -0.3 is 23.9 Å². The average Bonchev–Trinajstić information content (AvgIpc) is 3.20. The van der Waals surface area contributed by atoms with Gasteiger partial charge in [0.15, 0.2) is 5.76 Å². The molecule has 0 aliphatic rings. The van der Waals surface area contributed by atoms with E-state index < -0.39 is 0 Å². The van der Waals surface area contributed by atoms with Crippen LogP contribution in [0.15, 0.2) is 59.0 Å². The van der Waals surface area contributed by atoms with Crippen LogP contribution in [0.2, 0.25) is 0 Å². The molecule has 6 nitrogen and oxygen atoms in total. The van der Waals surface area contributed by atoms with Gasteiger partial charge in [-0.1, -0.05) is 0 Å². The molecule has 7 heteroatoms. The van der Waals surface area contributed by atoms with Crippen LogP contribution in [0.4, 0.5) is 4.39 Å². The van der Waals surface area contributed by atoms with E-state index in [-0.39, 0.29) is 30.6 Å². The van der Waals surface area contributed by atoms with Crippen molar-refractivity contribution in [3.05, 3.63) is 77.5 Å². The van der Waals surface area contributed by atoms with E-state index >= 15 is 0 Å². The van der Waals surface area contributed by atoms with Gasteiger partial charge in [0, 0.05) is 12.1 Å². The minimum absolute atomic E-state index is 0.128. The lowest BCUT2D eigenvalue weighted by atomic mass is 10.2. The molecule has 0 saturated carbocycles. The predicted molar refractivity (Wildman–Crippen MR) is 100 cm³/mol. The number of benzene rings is 2. The van der Waals surface area contributed by atoms with Crippen molar-refractivity contribution in [3.8, 4) is 17.2 Å². The molecule has 2 aromatic carbocycles. The highest BCUT2D eigenvalue weighted by molar-refractivity contribution is 5.91. The Hall–Kier alpha value is -3.48. The van der Waals surface area contributed by atoms with Crippen molar-refractivity contribution in [2.45, 2.75) is 13.2 Å². The quantitative estimate of drug-likeness (QED) is 0.636. The van der Waals surface area contributed by atoms with E-state index in [1.807, 2.05) is 0 Å². The minimum Gasteiger partial charge on any atom is -0.497 e. The van der Waals surface area contributed by atoms with Gasteiger partial charge in [-0.15, -0.1) is 0 Å². The van der Waals surface area contributed by atoms with Gasteiger partial charge in [0.25, 0.3) is 5.91 Å². The maximum Gasteiger partial charge on any atom is 0.287 e. The van der Waals surface area contributed by atoms with Crippen LogP contribution in [0, 0.1) is 5.82 Å². The van der Waals surface area contributed by atoms with Crippen LogP contribution in [0.25, 0.3) is 0 Å². The molecule has 0 atom stereocenters. The Balaban J connectivity index is 1.57. The Morgan fingerprint density at radius 3 is 2.46 bits per heavy atom. The minimum atomic E-state index is -0.363. The van der Waals surface area contributed by atoms with Gasteiger partial charge in [-0.05, 0) is 54.6 Å². The monoisotopic (exact) mass is 385 g/mol. The van der Waals surface area contributed by atoms with Crippen LogP contribution in [0.1, 0.15) is 21.9 Å². The van der Waals surface area contributed by atoms with Crippen molar-refractivity contribution < 1.29 is 27.8 Å². The molecule has 1 aromatic heterocycles. The first-order valence-electron chi connectivity index (χ1n) is 8.55. The van der Waals surface area contributed by atoms with Crippen LogP contribution in [0.3, 0.4) is 0 Å². The number of furan rings is 1. The molecule has 1 heterocycles. The molecular weight excluding hydrogens is 365 g/mol. The molecule has 1 amide bonds. The van der Waals surface area contributed by atoms with Gasteiger partial charge in [0.2, 0.25) is 0 Å². The normalized spacial score (nSPS) is 10.4. The van der Waals surface area contributed by atoms with Gasteiger partial charge in [0.1, 0.15) is 35.4 Å². The fourth-order valence-corrected chi connectivity index (χ4v) is 2.55. The third-order valence-electron chi connectivity index (χ3n) is 4.01. The second kappa shape index (κ2) is 8.94. The van der Waals surface area contributed by atoms with E-state index in [0.717, 1.165) is 5.56 Å². The van der Waals surface area contributed by atoms with Crippen molar-refractivity contribution >= 4 is 5.91 Å². The molecule has 0 spiro atoms. The highest BCUT2D eigenvalue weighted by atomic mass is 19.1. The summed E-state index contributed by atoms with van der Waals surface area (Å²) in [5.74, 6) is 1.77. The lowest BCUT2D eigenvalue weighted by Crippen LogP contribution is -2.22. The molecule has 0 fully saturated rings. The fourth-order valence-electron chi connectivity index (χ4n) is 2.55. The second-order valence-corrected chi connectivity index (χ2v) is 5.87. The summed E-state index contributed by atoms with van der Waals surface area (Å²) >= 11 is 0. The topological polar surface area (TPSA) is 69.9 Å². The largest absolute Gasteiger partial charge is 0.497 e. The molecule has 146 valence electrons. The molecule has 3 aromatic rings. The van der Waals surface area contributed by atoms with Crippen molar-refractivity contribution in [3.63, 3.8) is 0 Å². The lowest BCUT2D eigenvalue weighted by molar-refractivity contribution is 0.0918. The summed E-state index contributed by atoms with van der Waals surface area (Å²) in [6.45, 7) is 0.379. The first-order valence-corrected chi connectivity index (χ1v) is 8.55. The number of amides is 1. The number of carbonyl (C=O) groups is 1. The van der Waals surface area contributed by atoms with Crippen molar-refractivity contribution in [1.29, 1.82) is 0 Å². The summed E-state index contributed by atoms with van der Waals surface area (Å²) in [5.41, 5.74) is 0.779. The zero-order valence-electron chi connectivity index (χ0n) is 15.5. The Morgan fingerprint density at radius 1 is 1.00 bits per heavy atom. The Kier molecular flexibility index (Phi) is 6.16. The number of rotatable bonds is 8. The molecule has 1 N–H and O–H groups in total. The van der Waals surface area contributed by atoms with Crippen LogP contribution in [0.5, 0.6) is 17.2 Å². The molecule has 28 heavy (non-hydrogen) atoms. The summed E-state index contributed by atoms with van der Waals surface area (Å²) in [5, 5.41) is 2.78. The zero-order valence-corrected chi connectivity index (χ0v) is 15.5. The maximum absolute atomic E-state index is 12.9. The average molecular weight is 385 g/mol. The predicted octanol–water partition coefficient (Wildman–Crippen LogP) is 3.94. The molecule has 0 aliphatic carbocycles. The number of hydrogen-bond donors (Lipinski definition) is 1. The van der Waals surface area contributed by atoms with Gasteiger partial charge in [-0.3, -0.25) is 4.79 Å². The number of ether oxygens (including phenoxy) is 3. The molecular formula is C21H20FNO5. The molecule has 0 unspecified atom stereocenters. The van der Waals surface area contributed by atoms with Gasteiger partial charge in [0.05, 0.1) is 14.2 Å². The maximum atomic E-state index is 12.9. The lowest BCUT2D eigenvalue weighted by Gasteiger charge is -2.11. The van der Waals surface area contributed by atoms with Gasteiger partial charge in [-0.25, -0.2) is 4.39 Å². The number of halogens is 1. The van der Waals surface area contributed by atoms with Crippen LogP contribution in [-0.2, 0) is 13.2 Å². The van der Waals surface area contributed by atoms with Crippen LogP contribution in [-0.4, -0.2) is 20.1 Å². The third-order valence-corrected chi connectivity index (χ3v) is 4.01. The van der Waals surface area contributed by atoms with Crippen molar-refractivity contribution in [2.75, 3.05) is 14.2 Å². The van der Waals surface area contributed by atoms with E-state index in [4.69, 9.17) is 18.6 Å². The first-order chi connectivity index (χ1) is 13.6. The molecule has 0 bridgehead atoms. The number of nitrogens with one attached hydrogen (secondary N) is 1. The van der Waals surface area contributed by atoms with Gasteiger partial charge >= 0.3 is 0 Å². The molecule has 0 aliphatic heterocycles. The fraction of sp³-hybridized carbons (Fsp3) is 0.190. The molecule has 0 saturated heterocycles. The highest BCUT2D eigenvalue weighted by Gasteiger charge is 2.13. The zero-order chi connectivity index (χ0) is 19.9. The molecule has 0 radical (unpaired) electrons. The van der Waals surface area contributed by atoms with E-state index in [0.29, 0.717) is 23.0 Å².